The lowest BCUT2D eigenvalue weighted by molar-refractivity contribution is -0.120. The Balaban J connectivity index is 0.997. The van der Waals surface area contributed by atoms with E-state index in [0.29, 0.717) is 128 Å². The van der Waals surface area contributed by atoms with Crippen LogP contribution in [0.15, 0.2) is 131 Å². The van der Waals surface area contributed by atoms with E-state index < -0.39 is 43.6 Å². The Morgan fingerprint density at radius 1 is 0.566 bits per heavy atom. The van der Waals surface area contributed by atoms with Crippen molar-refractivity contribution < 1.29 is 54.6 Å². The van der Waals surface area contributed by atoms with Crippen molar-refractivity contribution in [2.45, 2.75) is 93.8 Å². The molecule has 2 aliphatic heterocycles. The third-order valence-electron chi connectivity index (χ3n) is 16.1. The number of thioether (sulfide) groups is 1. The van der Waals surface area contributed by atoms with E-state index in [2.05, 4.69) is 69.0 Å². The van der Waals surface area contributed by atoms with Crippen LogP contribution >= 0.6 is 34.4 Å². The van der Waals surface area contributed by atoms with Gasteiger partial charge in [0.25, 0.3) is 32.1 Å². The summed E-state index contributed by atoms with van der Waals surface area (Å²) in [4.78, 5) is 87.3. The van der Waals surface area contributed by atoms with Crippen molar-refractivity contribution in [1.82, 2.24) is 24.9 Å². The minimum absolute atomic E-state index is 0.185. The molecule has 4 aromatic carbocycles. The van der Waals surface area contributed by atoms with Crippen LogP contribution in [-0.2, 0) is 48.9 Å². The maximum atomic E-state index is 13.8. The molecule has 0 unspecified atom stereocenters. The van der Waals surface area contributed by atoms with Crippen molar-refractivity contribution in [3.05, 3.63) is 106 Å². The molecule has 1 aliphatic carbocycles. The number of Topliss-reactive ketones (excluding diaryl/α,β-unsaturated/α-hetero) is 2. The molecule has 10 rings (SSSR count). The highest BCUT2D eigenvalue weighted by Gasteiger charge is 2.27. The number of benzene rings is 4. The average Bonchev–Trinajstić information content (AvgIpc) is 1.81. The quantitative estimate of drug-likeness (QED) is 0.00872. The highest BCUT2D eigenvalue weighted by Crippen LogP contribution is 2.42. The number of ketones is 2. The number of morpholine rings is 2. The maximum absolute atomic E-state index is 13.8. The average molecular weight is 1450 g/mol. The minimum atomic E-state index is -4.49. The summed E-state index contributed by atoms with van der Waals surface area (Å²) in [7, 11) is -8.98. The molecule has 1 saturated carbocycles. The van der Waals surface area contributed by atoms with Crippen LogP contribution in [0.3, 0.4) is 0 Å². The Kier molecular flexibility index (Phi) is 24.4. The fourth-order valence-electron chi connectivity index (χ4n) is 10.9. The molecule has 522 valence electrons. The van der Waals surface area contributed by atoms with E-state index >= 15 is 0 Å². The van der Waals surface area contributed by atoms with Crippen molar-refractivity contribution in [1.29, 1.82) is 0 Å². The Morgan fingerprint density at radius 3 is 1.32 bits per heavy atom. The summed E-state index contributed by atoms with van der Waals surface area (Å²) in [5.74, 6) is -1.32. The number of thiazole rings is 2. The number of azo groups is 2. The molecule has 0 radical (unpaired) electrons. The van der Waals surface area contributed by atoms with Crippen molar-refractivity contribution in [2.75, 3.05) is 120 Å². The van der Waals surface area contributed by atoms with Crippen LogP contribution in [0.5, 0.6) is 0 Å². The first-order valence-electron chi connectivity index (χ1n) is 32.0. The zero-order valence-corrected chi connectivity index (χ0v) is 59.3. The molecule has 29 nitrogen and oxygen atoms in total. The molecule has 34 heteroatoms. The van der Waals surface area contributed by atoms with E-state index in [1.54, 1.807) is 11.8 Å². The van der Waals surface area contributed by atoms with Gasteiger partial charge < -0.3 is 50.3 Å². The molecule has 0 spiro atoms. The Morgan fingerprint density at radius 2 is 0.960 bits per heavy atom. The van der Waals surface area contributed by atoms with Crippen LogP contribution in [0.1, 0.15) is 83.4 Å². The Labute approximate surface area is 585 Å². The van der Waals surface area contributed by atoms with Crippen LogP contribution in [0.2, 0.25) is 0 Å². The third kappa shape index (κ3) is 19.3. The van der Waals surface area contributed by atoms with Crippen LogP contribution in [-0.4, -0.2) is 158 Å². The highest BCUT2D eigenvalue weighted by molar-refractivity contribution is 7.99. The number of aromatic nitrogens is 5. The number of amides is 2. The number of anilines is 10. The van der Waals surface area contributed by atoms with E-state index in [1.807, 2.05) is 46.2 Å². The molecule has 6 N–H and O–H groups in total. The van der Waals surface area contributed by atoms with E-state index in [4.69, 9.17) is 44.6 Å². The van der Waals surface area contributed by atoms with Gasteiger partial charge in [0, 0.05) is 80.4 Å². The number of nitrogens with zero attached hydrogens (tertiary/aromatic N) is 13. The summed E-state index contributed by atoms with van der Waals surface area (Å²) in [5, 5.41) is 32.3. The summed E-state index contributed by atoms with van der Waals surface area (Å²) in [6, 6.07) is 21.1. The first-order valence-corrected chi connectivity index (χ1v) is 37.4. The Hall–Kier alpha value is -9.00. The molecule has 2 saturated heterocycles. The second kappa shape index (κ2) is 33.2. The second-order valence-electron chi connectivity index (χ2n) is 22.7. The van der Waals surface area contributed by atoms with Crippen molar-refractivity contribution in [2.24, 2.45) is 20.5 Å². The minimum Gasteiger partial charge on any atom is -0.378 e. The number of hydrogen-bond acceptors (Lipinski definition) is 28. The van der Waals surface area contributed by atoms with Gasteiger partial charge in [0.15, 0.2) is 16.7 Å². The predicted molar refractivity (Wildman–Crippen MR) is 385 cm³/mol. The molecule has 99 heavy (non-hydrogen) atoms. The summed E-state index contributed by atoms with van der Waals surface area (Å²) in [6.07, 6.45) is 8.15. The monoisotopic (exact) mass is 1450 g/mol. The van der Waals surface area contributed by atoms with Gasteiger partial charge in [0.1, 0.15) is 23.0 Å². The van der Waals surface area contributed by atoms with E-state index in [-0.39, 0.29) is 59.7 Å². The van der Waals surface area contributed by atoms with Crippen LogP contribution in [0, 0.1) is 0 Å². The van der Waals surface area contributed by atoms with Gasteiger partial charge in [0.05, 0.1) is 68.5 Å². The normalized spacial score (nSPS) is 15.2. The van der Waals surface area contributed by atoms with Gasteiger partial charge in [-0.05, 0) is 151 Å². The molecule has 0 bridgehead atoms. The predicted octanol–water partition coefficient (Wildman–Crippen LogP) is 12.6. The number of ether oxygens (including phenoxy) is 2. The summed E-state index contributed by atoms with van der Waals surface area (Å²) in [6.45, 7) is 17.0. The van der Waals surface area contributed by atoms with Gasteiger partial charge in [0.2, 0.25) is 22.2 Å². The largest absolute Gasteiger partial charge is 0.378 e. The number of hydrogen-bond donors (Lipinski definition) is 6. The first-order chi connectivity index (χ1) is 47.5. The first kappa shape index (κ1) is 72.7. The fourth-order valence-corrected chi connectivity index (χ4v) is 14.7. The molecule has 0 atom stereocenters. The number of nitrogens with one attached hydrogen (secondary N) is 4. The van der Waals surface area contributed by atoms with E-state index in [9.17, 15) is 45.1 Å². The SMILES string of the molecule is CCN(CC)c1ccc(/N=N/c2nc(N3CCOCC3)c(/C=C(/C(C)=O)C(=O)Nc3ccc(S(=O)(=O)O)cc3)s2)c(Nc2nc(Nc3cc(N(CC)CC)ccc3/N=N/c3nc(N4CCOCC4)c(/C=C(\C(C)=O)C(=O)Nc4ccc(S(=O)(=O)O)cc4)s3)nc(SC3CCCCC3)n2)c1. The maximum Gasteiger partial charge on any atom is 0.294 e. The van der Waals surface area contributed by atoms with Gasteiger partial charge >= 0.3 is 0 Å². The van der Waals surface area contributed by atoms with Gasteiger partial charge in [-0.1, -0.05) is 53.7 Å². The second-order valence-corrected chi connectivity index (χ2v) is 28.9. The van der Waals surface area contributed by atoms with Crippen molar-refractivity contribution in [3.63, 3.8) is 0 Å². The Bertz CT molecular complexity index is 4180. The third-order valence-corrected chi connectivity index (χ3v) is 20.8. The zero-order chi connectivity index (χ0) is 70.4. The molecule has 2 amide bonds. The van der Waals surface area contributed by atoms with Crippen LogP contribution < -0.4 is 40.9 Å². The smallest absolute Gasteiger partial charge is 0.294 e. The topological polar surface area (TPSA) is 370 Å². The molecule has 7 aromatic rings. The van der Waals surface area contributed by atoms with Gasteiger partial charge in [-0.2, -0.15) is 41.8 Å². The van der Waals surface area contributed by atoms with Crippen molar-refractivity contribution >= 4 is 169 Å². The number of rotatable bonds is 28. The molecule has 3 fully saturated rings. The van der Waals surface area contributed by atoms with Gasteiger partial charge in [-0.15, -0.1) is 20.5 Å². The van der Waals surface area contributed by atoms with Crippen molar-refractivity contribution in [3.8, 4) is 0 Å². The standard InChI is InChI=1S/C65H75N17O12S5/c1-7-79(8-2)44-20-26-51(75-77-64-70-57(81-28-32-93-33-29-81)55(96-64)38-49(40(5)83)59(85)66-42-16-22-47(23-17-42)98(87,88)89)53(36-44)68-61-72-62(74-63(73-61)95-46-14-12-11-13-15-46)69-54-37-45(80(9-3)10-4)21-27-52(54)76-78-65-71-58(82-30-34-94-35-31-82)56(97-65)39-50(41(6)84)60(86)67-43-18-24-48(25-19-43)99(90,91)92/h16-27,36-39,46H,7-15,28-35H2,1-6H3,(H,66,85)(H,67,86)(H,87,88,89)(H,90,91,92)(H2,68,69,72,73,74)/b49-38-,50-39+,77-75+,78-76+. The van der Waals surface area contributed by atoms with Gasteiger partial charge in [-0.25, -0.2) is 0 Å². The molecular formula is C65H75N17O12S5. The zero-order valence-electron chi connectivity index (χ0n) is 55.2. The molecule has 5 heterocycles. The number of carbonyl (C=O) groups is 4. The lowest BCUT2D eigenvalue weighted by Gasteiger charge is -2.27. The lowest BCUT2D eigenvalue weighted by Crippen LogP contribution is -2.36. The highest BCUT2D eigenvalue weighted by atomic mass is 32.2. The van der Waals surface area contributed by atoms with Crippen LogP contribution in [0.25, 0.3) is 12.2 Å². The summed E-state index contributed by atoms with van der Waals surface area (Å²) in [5.41, 5.74) is 3.49. The molecule has 3 aliphatic rings. The summed E-state index contributed by atoms with van der Waals surface area (Å²) < 4.78 is 77.0. The van der Waals surface area contributed by atoms with E-state index in [1.165, 1.54) is 50.3 Å². The number of carbonyl (C=O) groups excluding carboxylic acids is 4. The molecular weight excluding hydrogens is 1370 g/mol. The molecule has 3 aromatic heterocycles. The lowest BCUT2D eigenvalue weighted by atomic mass is 10.0. The van der Waals surface area contributed by atoms with Crippen LogP contribution in [0.4, 0.5) is 79.3 Å². The summed E-state index contributed by atoms with van der Waals surface area (Å²) >= 11 is 3.80. The van der Waals surface area contributed by atoms with E-state index in [0.717, 1.165) is 90.4 Å². The fraction of sp³-hybridized carbons (Fsp3) is 0.369. The van der Waals surface area contributed by atoms with Gasteiger partial charge in [-0.3, -0.25) is 28.3 Å².